The molecule has 5 heteroatoms. The molecule has 0 N–H and O–H groups in total. The van der Waals surface area contributed by atoms with Crippen LogP contribution in [-0.2, 0) is 0 Å². The van der Waals surface area contributed by atoms with Crippen LogP contribution >= 0.6 is 27.5 Å². The topological polar surface area (TPSA) is 35.5 Å². The largest absolute Gasteiger partial charge is 0.497 e. The highest BCUT2D eigenvalue weighted by atomic mass is 79.9. The molecule has 0 aliphatic rings. The van der Waals surface area contributed by atoms with Crippen LogP contribution in [0.3, 0.4) is 0 Å². The van der Waals surface area contributed by atoms with E-state index in [0.717, 1.165) is 5.56 Å². The van der Waals surface area contributed by atoms with Gasteiger partial charge in [-0.3, -0.25) is 0 Å². The fourth-order valence-corrected chi connectivity index (χ4v) is 2.20. The van der Waals surface area contributed by atoms with Crippen molar-refractivity contribution in [2.75, 3.05) is 7.11 Å². The van der Waals surface area contributed by atoms with Crippen molar-refractivity contribution in [1.29, 1.82) is 0 Å². The SMILES string of the molecule is COc1ccc(Br)c(C(=O)Oc2cc(C)ccc2Cl)c1. The Bertz CT molecular complexity index is 656. The van der Waals surface area contributed by atoms with Crippen LogP contribution in [0, 0.1) is 6.92 Å². The lowest BCUT2D eigenvalue weighted by atomic mass is 10.2. The van der Waals surface area contributed by atoms with Crippen LogP contribution < -0.4 is 9.47 Å². The first-order valence-electron chi connectivity index (χ1n) is 5.83. The Kier molecular flexibility index (Phi) is 4.68. The Morgan fingerprint density at radius 3 is 2.65 bits per heavy atom. The minimum atomic E-state index is -0.497. The first kappa shape index (κ1) is 14.9. The molecular weight excluding hydrogens is 344 g/mol. The first-order valence-corrected chi connectivity index (χ1v) is 7.00. The van der Waals surface area contributed by atoms with Crippen LogP contribution in [0.1, 0.15) is 15.9 Å². The summed E-state index contributed by atoms with van der Waals surface area (Å²) in [6.07, 6.45) is 0. The van der Waals surface area contributed by atoms with Crippen molar-refractivity contribution in [2.45, 2.75) is 6.92 Å². The van der Waals surface area contributed by atoms with Gasteiger partial charge in [0.1, 0.15) is 11.5 Å². The summed E-state index contributed by atoms with van der Waals surface area (Å²) in [6, 6.07) is 10.3. The number of carbonyl (C=O) groups is 1. The van der Waals surface area contributed by atoms with Crippen molar-refractivity contribution in [2.24, 2.45) is 0 Å². The van der Waals surface area contributed by atoms with Crippen molar-refractivity contribution in [3.05, 3.63) is 57.0 Å². The highest BCUT2D eigenvalue weighted by molar-refractivity contribution is 9.10. The molecule has 104 valence electrons. The lowest BCUT2D eigenvalue weighted by molar-refractivity contribution is 0.0733. The van der Waals surface area contributed by atoms with E-state index in [0.29, 0.717) is 26.6 Å². The van der Waals surface area contributed by atoms with Gasteiger partial charge in [-0.25, -0.2) is 4.79 Å². The van der Waals surface area contributed by atoms with E-state index in [2.05, 4.69) is 15.9 Å². The van der Waals surface area contributed by atoms with E-state index < -0.39 is 5.97 Å². The Hall–Kier alpha value is -1.52. The zero-order chi connectivity index (χ0) is 14.7. The van der Waals surface area contributed by atoms with Gasteiger partial charge in [0.05, 0.1) is 17.7 Å². The zero-order valence-electron chi connectivity index (χ0n) is 10.9. The molecule has 0 unspecified atom stereocenters. The summed E-state index contributed by atoms with van der Waals surface area (Å²) in [5.41, 5.74) is 1.34. The van der Waals surface area contributed by atoms with Gasteiger partial charge >= 0.3 is 5.97 Å². The molecule has 0 saturated heterocycles. The zero-order valence-corrected chi connectivity index (χ0v) is 13.3. The van der Waals surface area contributed by atoms with Gasteiger partial charge in [-0.1, -0.05) is 17.7 Å². The van der Waals surface area contributed by atoms with Gasteiger partial charge in [0.15, 0.2) is 0 Å². The van der Waals surface area contributed by atoms with Crippen LogP contribution in [0.25, 0.3) is 0 Å². The van der Waals surface area contributed by atoms with Gasteiger partial charge in [0, 0.05) is 4.47 Å². The van der Waals surface area contributed by atoms with E-state index in [9.17, 15) is 4.79 Å². The second-order valence-electron chi connectivity index (χ2n) is 4.17. The molecule has 0 fully saturated rings. The summed E-state index contributed by atoms with van der Waals surface area (Å²) in [5, 5.41) is 0.392. The molecule has 2 aromatic carbocycles. The Labute approximate surface area is 130 Å². The van der Waals surface area contributed by atoms with Crippen LogP contribution in [0.4, 0.5) is 0 Å². The number of esters is 1. The average Bonchev–Trinajstić information content (AvgIpc) is 2.43. The number of aryl methyl sites for hydroxylation is 1. The molecule has 2 aromatic rings. The van der Waals surface area contributed by atoms with Gasteiger partial charge in [-0.05, 0) is 58.7 Å². The van der Waals surface area contributed by atoms with Crippen LogP contribution in [0.15, 0.2) is 40.9 Å². The molecule has 0 aromatic heterocycles. The van der Waals surface area contributed by atoms with E-state index in [4.69, 9.17) is 21.1 Å². The average molecular weight is 356 g/mol. The predicted octanol–water partition coefficient (Wildman–Crippen LogP) is 4.64. The lowest BCUT2D eigenvalue weighted by Crippen LogP contribution is -2.10. The molecule has 3 nitrogen and oxygen atoms in total. The third-order valence-corrected chi connectivity index (χ3v) is 3.69. The summed E-state index contributed by atoms with van der Waals surface area (Å²) in [6.45, 7) is 1.90. The third kappa shape index (κ3) is 3.32. The molecule has 0 radical (unpaired) electrons. The van der Waals surface area contributed by atoms with Gasteiger partial charge in [-0.15, -0.1) is 0 Å². The van der Waals surface area contributed by atoms with Crippen LogP contribution in [-0.4, -0.2) is 13.1 Å². The predicted molar refractivity (Wildman–Crippen MR) is 81.8 cm³/mol. The Balaban J connectivity index is 2.30. The number of halogens is 2. The number of rotatable bonds is 3. The minimum absolute atomic E-state index is 0.339. The molecule has 0 saturated carbocycles. The summed E-state index contributed by atoms with van der Waals surface area (Å²) in [5.74, 6) is 0.421. The Morgan fingerprint density at radius 1 is 1.20 bits per heavy atom. The molecule has 2 rings (SSSR count). The fourth-order valence-electron chi connectivity index (χ4n) is 1.63. The number of ether oxygens (including phenoxy) is 2. The van der Waals surface area contributed by atoms with E-state index in [1.54, 1.807) is 30.3 Å². The quantitative estimate of drug-likeness (QED) is 0.594. The monoisotopic (exact) mass is 354 g/mol. The normalized spacial score (nSPS) is 10.2. The van der Waals surface area contributed by atoms with Crippen LogP contribution in [0.5, 0.6) is 11.5 Å². The highest BCUT2D eigenvalue weighted by Crippen LogP contribution is 2.28. The van der Waals surface area contributed by atoms with E-state index in [1.165, 1.54) is 7.11 Å². The number of benzene rings is 2. The molecule has 0 aliphatic carbocycles. The number of carbonyl (C=O) groups excluding carboxylic acids is 1. The third-order valence-electron chi connectivity index (χ3n) is 2.68. The van der Waals surface area contributed by atoms with Crippen molar-refractivity contribution < 1.29 is 14.3 Å². The molecule has 0 bridgehead atoms. The standard InChI is InChI=1S/C15H12BrClO3/c1-9-3-6-13(17)14(7-9)20-15(18)11-8-10(19-2)4-5-12(11)16/h3-8H,1-2H3. The van der Waals surface area contributed by atoms with Crippen molar-refractivity contribution in [3.8, 4) is 11.5 Å². The summed E-state index contributed by atoms with van der Waals surface area (Å²) < 4.78 is 11.1. The molecule has 0 atom stereocenters. The summed E-state index contributed by atoms with van der Waals surface area (Å²) >= 11 is 9.33. The van der Waals surface area contributed by atoms with Crippen molar-refractivity contribution >= 4 is 33.5 Å². The molecular formula is C15H12BrClO3. The maximum atomic E-state index is 12.2. The highest BCUT2D eigenvalue weighted by Gasteiger charge is 2.15. The van der Waals surface area contributed by atoms with E-state index >= 15 is 0 Å². The van der Waals surface area contributed by atoms with E-state index in [1.807, 2.05) is 13.0 Å². The second kappa shape index (κ2) is 6.29. The molecule has 0 aliphatic heterocycles. The van der Waals surface area contributed by atoms with Gasteiger partial charge in [0.25, 0.3) is 0 Å². The van der Waals surface area contributed by atoms with Gasteiger partial charge in [-0.2, -0.15) is 0 Å². The van der Waals surface area contributed by atoms with Gasteiger partial charge in [0.2, 0.25) is 0 Å². The number of methoxy groups -OCH3 is 1. The maximum Gasteiger partial charge on any atom is 0.344 e. The molecule has 20 heavy (non-hydrogen) atoms. The smallest absolute Gasteiger partial charge is 0.344 e. The first-order chi connectivity index (χ1) is 9.51. The van der Waals surface area contributed by atoms with E-state index in [-0.39, 0.29) is 0 Å². The lowest BCUT2D eigenvalue weighted by Gasteiger charge is -2.09. The van der Waals surface area contributed by atoms with Crippen molar-refractivity contribution in [3.63, 3.8) is 0 Å². The fraction of sp³-hybridized carbons (Fsp3) is 0.133. The summed E-state index contributed by atoms with van der Waals surface area (Å²) in [7, 11) is 1.54. The van der Waals surface area contributed by atoms with Gasteiger partial charge < -0.3 is 9.47 Å². The van der Waals surface area contributed by atoms with Crippen molar-refractivity contribution in [1.82, 2.24) is 0 Å². The maximum absolute atomic E-state index is 12.2. The second-order valence-corrected chi connectivity index (χ2v) is 5.43. The molecule has 0 heterocycles. The Morgan fingerprint density at radius 2 is 1.95 bits per heavy atom. The minimum Gasteiger partial charge on any atom is -0.497 e. The summed E-state index contributed by atoms with van der Waals surface area (Å²) in [4.78, 5) is 12.2. The molecule has 0 spiro atoms. The van der Waals surface area contributed by atoms with Crippen LogP contribution in [0.2, 0.25) is 5.02 Å². The number of hydrogen-bond donors (Lipinski definition) is 0. The molecule has 0 amide bonds. The number of hydrogen-bond acceptors (Lipinski definition) is 3.